The van der Waals surface area contributed by atoms with Crippen molar-refractivity contribution in [2.24, 2.45) is 0 Å². The Labute approximate surface area is 103 Å². The minimum absolute atomic E-state index is 0.0923. The molecule has 0 spiro atoms. The van der Waals surface area contributed by atoms with E-state index in [1.54, 1.807) is 0 Å². The maximum Gasteiger partial charge on any atom is 0.433 e. The van der Waals surface area contributed by atoms with E-state index in [0.717, 1.165) is 31.7 Å². The first kappa shape index (κ1) is 13.1. The summed E-state index contributed by atoms with van der Waals surface area (Å²) in [6.45, 7) is -0.0923. The van der Waals surface area contributed by atoms with Gasteiger partial charge in [0.2, 0.25) is 0 Å². The van der Waals surface area contributed by atoms with E-state index in [1.807, 2.05) is 0 Å². The molecule has 1 aromatic rings. The largest absolute Gasteiger partial charge is 0.433 e. The Morgan fingerprint density at radius 2 is 1.94 bits per heavy atom. The molecule has 2 N–H and O–H groups in total. The molecule has 1 heterocycles. The predicted octanol–water partition coefficient (Wildman–Crippen LogP) is 2.82. The minimum Gasteiger partial charge on any atom is -0.394 e. The van der Waals surface area contributed by atoms with E-state index in [4.69, 9.17) is 0 Å². The topological polar surface area (TPSA) is 45.1 Å². The zero-order chi connectivity index (χ0) is 13.2. The van der Waals surface area contributed by atoms with Crippen LogP contribution in [0.5, 0.6) is 0 Å². The third-order valence-electron chi connectivity index (χ3n) is 3.30. The molecular weight excluding hydrogens is 245 g/mol. The zero-order valence-corrected chi connectivity index (χ0v) is 9.80. The lowest BCUT2D eigenvalue weighted by Gasteiger charge is -2.28. The Morgan fingerprint density at radius 3 is 2.50 bits per heavy atom. The number of anilines is 1. The van der Waals surface area contributed by atoms with E-state index in [2.05, 4.69) is 10.3 Å². The quantitative estimate of drug-likeness (QED) is 0.878. The van der Waals surface area contributed by atoms with Crippen LogP contribution >= 0.6 is 0 Å². The van der Waals surface area contributed by atoms with Gasteiger partial charge in [-0.15, -0.1) is 0 Å². The zero-order valence-electron chi connectivity index (χ0n) is 9.80. The van der Waals surface area contributed by atoms with E-state index < -0.39 is 17.4 Å². The second-order valence-electron chi connectivity index (χ2n) is 4.68. The number of nitrogens with zero attached hydrogens (tertiary/aromatic N) is 1. The normalized spacial score (nSPS) is 18.9. The maximum atomic E-state index is 12.5. The number of aliphatic hydroxyl groups is 1. The third kappa shape index (κ3) is 2.75. The van der Waals surface area contributed by atoms with Gasteiger partial charge < -0.3 is 10.4 Å². The molecule has 0 atom stereocenters. The molecule has 3 nitrogen and oxygen atoms in total. The van der Waals surface area contributed by atoms with Crippen LogP contribution in [0.25, 0.3) is 0 Å². The summed E-state index contributed by atoms with van der Waals surface area (Å²) in [5, 5.41) is 12.3. The smallest absolute Gasteiger partial charge is 0.394 e. The van der Waals surface area contributed by atoms with Gasteiger partial charge in [0.05, 0.1) is 12.1 Å². The molecule has 100 valence electrons. The van der Waals surface area contributed by atoms with Crippen LogP contribution in [0.1, 0.15) is 31.4 Å². The standard InChI is InChI=1S/C12H15F3N2O/c13-12(14,15)9-4-3-5-10(16-9)17-11(8-18)6-1-2-7-11/h3-5,18H,1-2,6-8H2,(H,16,17). The van der Waals surface area contributed by atoms with Crippen molar-refractivity contribution in [2.75, 3.05) is 11.9 Å². The van der Waals surface area contributed by atoms with E-state index >= 15 is 0 Å². The predicted molar refractivity (Wildman–Crippen MR) is 61.1 cm³/mol. The second kappa shape index (κ2) is 4.76. The SMILES string of the molecule is OCC1(Nc2cccc(C(F)(F)F)n2)CCCC1. The van der Waals surface area contributed by atoms with Crippen LogP contribution < -0.4 is 5.32 Å². The Kier molecular flexibility index (Phi) is 3.47. The van der Waals surface area contributed by atoms with Crippen LogP contribution in [0.15, 0.2) is 18.2 Å². The summed E-state index contributed by atoms with van der Waals surface area (Å²) < 4.78 is 37.6. The van der Waals surface area contributed by atoms with Crippen LogP contribution in [0.4, 0.5) is 19.0 Å². The van der Waals surface area contributed by atoms with Crippen molar-refractivity contribution in [1.82, 2.24) is 4.98 Å². The molecule has 0 saturated heterocycles. The van der Waals surface area contributed by atoms with Crippen molar-refractivity contribution < 1.29 is 18.3 Å². The molecule has 0 unspecified atom stereocenters. The number of alkyl halides is 3. The first-order valence-corrected chi connectivity index (χ1v) is 5.89. The third-order valence-corrected chi connectivity index (χ3v) is 3.30. The summed E-state index contributed by atoms with van der Waals surface area (Å²) in [6, 6.07) is 3.74. The number of rotatable bonds is 3. The molecule has 6 heteroatoms. The van der Waals surface area contributed by atoms with Crippen LogP contribution in [-0.2, 0) is 6.18 Å². The average Bonchev–Trinajstić information content (AvgIpc) is 2.77. The Bertz CT molecular complexity index is 414. The summed E-state index contributed by atoms with van der Waals surface area (Å²) in [6.07, 6.45) is -1.01. The number of hydrogen-bond donors (Lipinski definition) is 2. The molecule has 1 aromatic heterocycles. The van der Waals surface area contributed by atoms with E-state index in [-0.39, 0.29) is 12.4 Å². The number of aromatic nitrogens is 1. The van der Waals surface area contributed by atoms with E-state index in [9.17, 15) is 18.3 Å². The van der Waals surface area contributed by atoms with E-state index in [1.165, 1.54) is 12.1 Å². The molecule has 0 amide bonds. The number of halogens is 3. The number of hydrogen-bond acceptors (Lipinski definition) is 3. The van der Waals surface area contributed by atoms with Crippen LogP contribution in [-0.4, -0.2) is 22.2 Å². The summed E-state index contributed by atoms with van der Waals surface area (Å²) in [5.74, 6) is 0.167. The fourth-order valence-corrected chi connectivity index (χ4v) is 2.31. The molecule has 18 heavy (non-hydrogen) atoms. The molecule has 0 aliphatic heterocycles. The molecule has 0 radical (unpaired) electrons. The highest BCUT2D eigenvalue weighted by Crippen LogP contribution is 2.33. The highest BCUT2D eigenvalue weighted by atomic mass is 19.4. The van der Waals surface area contributed by atoms with Crippen LogP contribution in [0, 0.1) is 0 Å². The first-order valence-electron chi connectivity index (χ1n) is 5.89. The van der Waals surface area contributed by atoms with Crippen molar-refractivity contribution >= 4 is 5.82 Å². The van der Waals surface area contributed by atoms with Crippen molar-refractivity contribution in [3.8, 4) is 0 Å². The van der Waals surface area contributed by atoms with Crippen molar-refractivity contribution in [3.05, 3.63) is 23.9 Å². The molecular formula is C12H15F3N2O. The average molecular weight is 260 g/mol. The van der Waals surface area contributed by atoms with Gasteiger partial charge in [-0.05, 0) is 25.0 Å². The first-order chi connectivity index (χ1) is 8.45. The van der Waals surface area contributed by atoms with Crippen LogP contribution in [0.2, 0.25) is 0 Å². The lowest BCUT2D eigenvalue weighted by Crippen LogP contribution is -2.39. The van der Waals surface area contributed by atoms with Gasteiger partial charge in [-0.1, -0.05) is 18.9 Å². The monoisotopic (exact) mass is 260 g/mol. The Morgan fingerprint density at radius 1 is 1.28 bits per heavy atom. The van der Waals surface area contributed by atoms with Crippen molar-refractivity contribution in [2.45, 2.75) is 37.4 Å². The van der Waals surface area contributed by atoms with Gasteiger partial charge >= 0.3 is 6.18 Å². The van der Waals surface area contributed by atoms with Crippen molar-refractivity contribution in [3.63, 3.8) is 0 Å². The summed E-state index contributed by atoms with van der Waals surface area (Å²) in [4.78, 5) is 3.55. The van der Waals surface area contributed by atoms with Gasteiger partial charge in [0.1, 0.15) is 11.5 Å². The highest BCUT2D eigenvalue weighted by Gasteiger charge is 2.35. The molecule has 1 fully saturated rings. The van der Waals surface area contributed by atoms with Gasteiger partial charge in [0, 0.05) is 0 Å². The lowest BCUT2D eigenvalue weighted by atomic mass is 9.99. The summed E-state index contributed by atoms with van der Waals surface area (Å²) in [7, 11) is 0. The number of aliphatic hydroxyl groups excluding tert-OH is 1. The minimum atomic E-state index is -4.44. The Hall–Kier alpha value is -1.30. The van der Waals surface area contributed by atoms with Gasteiger partial charge in [-0.25, -0.2) is 4.98 Å². The van der Waals surface area contributed by atoms with Crippen molar-refractivity contribution in [1.29, 1.82) is 0 Å². The number of pyridine rings is 1. The van der Waals surface area contributed by atoms with E-state index in [0.29, 0.717) is 0 Å². The summed E-state index contributed by atoms with van der Waals surface area (Å²) >= 11 is 0. The summed E-state index contributed by atoms with van der Waals surface area (Å²) in [5.41, 5.74) is -1.43. The Balaban J connectivity index is 2.19. The second-order valence-corrected chi connectivity index (χ2v) is 4.68. The van der Waals surface area contributed by atoms with Crippen LogP contribution in [0.3, 0.4) is 0 Å². The fraction of sp³-hybridized carbons (Fsp3) is 0.583. The van der Waals surface area contributed by atoms with Gasteiger partial charge in [0.15, 0.2) is 0 Å². The fourth-order valence-electron chi connectivity index (χ4n) is 2.31. The molecule has 2 rings (SSSR count). The highest BCUT2D eigenvalue weighted by molar-refractivity contribution is 5.39. The number of nitrogens with one attached hydrogen (secondary N) is 1. The molecule has 0 aromatic carbocycles. The van der Waals surface area contributed by atoms with Gasteiger partial charge in [-0.2, -0.15) is 13.2 Å². The molecule has 1 saturated carbocycles. The molecule has 1 aliphatic carbocycles. The maximum absolute atomic E-state index is 12.5. The molecule has 1 aliphatic rings. The van der Waals surface area contributed by atoms with Gasteiger partial charge in [-0.3, -0.25) is 0 Å². The van der Waals surface area contributed by atoms with Gasteiger partial charge in [0.25, 0.3) is 0 Å². The lowest BCUT2D eigenvalue weighted by molar-refractivity contribution is -0.141. The molecule has 0 bridgehead atoms.